The van der Waals surface area contributed by atoms with Crippen molar-refractivity contribution in [1.82, 2.24) is 0 Å². The van der Waals surface area contributed by atoms with Crippen molar-refractivity contribution in [3.8, 4) is 0 Å². The van der Waals surface area contributed by atoms with Gasteiger partial charge in [-0.3, -0.25) is 4.79 Å². The van der Waals surface area contributed by atoms with Gasteiger partial charge in [-0.05, 0) is 31.5 Å². The lowest BCUT2D eigenvalue weighted by Crippen LogP contribution is -2.41. The van der Waals surface area contributed by atoms with Crippen LogP contribution >= 0.6 is 0 Å². The number of carbonyl (C=O) groups is 1. The van der Waals surface area contributed by atoms with Gasteiger partial charge in [0.05, 0.1) is 6.61 Å². The Morgan fingerprint density at radius 2 is 1.81 bits per heavy atom. The summed E-state index contributed by atoms with van der Waals surface area (Å²) in [5, 5.41) is 0.226. The molecule has 0 bridgehead atoms. The minimum absolute atomic E-state index is 0.226. The van der Waals surface area contributed by atoms with Crippen LogP contribution in [0, 0.1) is 0 Å². The van der Waals surface area contributed by atoms with Gasteiger partial charge >= 0.3 is 5.97 Å². The van der Waals surface area contributed by atoms with E-state index in [1.807, 2.05) is 0 Å². The van der Waals surface area contributed by atoms with Gasteiger partial charge in [0.2, 0.25) is 6.29 Å². The Bertz CT molecular complexity index is 356. The van der Waals surface area contributed by atoms with Crippen molar-refractivity contribution in [1.29, 1.82) is 0 Å². The Kier molecular flexibility index (Phi) is 8.44. The second-order valence-electron chi connectivity index (χ2n) is 6.95. The summed E-state index contributed by atoms with van der Waals surface area (Å²) in [6, 6.07) is 0. The van der Waals surface area contributed by atoms with Crippen LogP contribution in [0.4, 0.5) is 0 Å². The predicted molar refractivity (Wildman–Crippen MR) is 88.7 cm³/mol. The van der Waals surface area contributed by atoms with Crippen LogP contribution in [0.3, 0.4) is 0 Å². The van der Waals surface area contributed by atoms with Gasteiger partial charge < -0.3 is 13.9 Å². The molecule has 0 unspecified atom stereocenters. The van der Waals surface area contributed by atoms with E-state index in [-0.39, 0.29) is 11.0 Å². The minimum Gasteiger partial charge on any atom is -0.436 e. The molecule has 0 N–H and O–H groups in total. The Balaban J connectivity index is 4.23. The van der Waals surface area contributed by atoms with E-state index in [0.29, 0.717) is 13.0 Å². The van der Waals surface area contributed by atoms with E-state index in [1.54, 1.807) is 7.11 Å². The first-order valence-electron chi connectivity index (χ1n) is 7.49. The van der Waals surface area contributed by atoms with Gasteiger partial charge in [-0.25, -0.2) is 0 Å². The molecule has 0 aliphatic carbocycles. The molecule has 5 heteroatoms. The Morgan fingerprint density at radius 3 is 2.24 bits per heavy atom. The molecule has 0 fully saturated rings. The zero-order valence-corrected chi connectivity index (χ0v) is 15.9. The monoisotopic (exact) mass is 316 g/mol. The van der Waals surface area contributed by atoms with E-state index in [4.69, 9.17) is 13.9 Å². The van der Waals surface area contributed by atoms with E-state index < -0.39 is 14.6 Å². The molecule has 0 aromatic heterocycles. The van der Waals surface area contributed by atoms with Gasteiger partial charge in [-0.15, -0.1) is 0 Å². The van der Waals surface area contributed by atoms with E-state index in [1.165, 1.54) is 12.5 Å². The molecule has 0 aliphatic rings. The molecule has 0 aromatic rings. The highest BCUT2D eigenvalue weighted by molar-refractivity contribution is 6.74. The van der Waals surface area contributed by atoms with Crippen LogP contribution in [0.15, 0.2) is 11.6 Å². The molecule has 0 saturated carbocycles. The summed E-state index contributed by atoms with van der Waals surface area (Å²) in [5.41, 5.74) is 1.21. The highest BCUT2D eigenvalue weighted by Gasteiger charge is 2.36. The van der Waals surface area contributed by atoms with Gasteiger partial charge in [0.25, 0.3) is 0 Å². The van der Waals surface area contributed by atoms with Crippen LogP contribution in [-0.2, 0) is 18.7 Å². The van der Waals surface area contributed by atoms with Crippen molar-refractivity contribution in [2.45, 2.75) is 71.9 Å². The molecule has 124 valence electrons. The van der Waals surface area contributed by atoms with Crippen molar-refractivity contribution >= 4 is 14.3 Å². The SMILES string of the molecule is CO[C@@H](CC/C=C(\C)CO[Si](C)(C)C(C)(C)C)OC(C)=O. The number of esters is 1. The molecular formula is C16H32O4Si. The van der Waals surface area contributed by atoms with Gasteiger partial charge in [0.15, 0.2) is 8.32 Å². The quantitative estimate of drug-likeness (QED) is 0.290. The Hall–Kier alpha value is -0.653. The highest BCUT2D eigenvalue weighted by atomic mass is 28.4. The lowest BCUT2D eigenvalue weighted by molar-refractivity contribution is -0.171. The van der Waals surface area contributed by atoms with Gasteiger partial charge in [0, 0.05) is 20.5 Å². The second-order valence-corrected chi connectivity index (χ2v) is 11.8. The lowest BCUT2D eigenvalue weighted by Gasteiger charge is -2.36. The number of ether oxygens (including phenoxy) is 2. The van der Waals surface area contributed by atoms with Crippen molar-refractivity contribution in [3.05, 3.63) is 11.6 Å². The average molecular weight is 317 g/mol. The molecule has 0 saturated heterocycles. The number of carbonyl (C=O) groups excluding carboxylic acids is 1. The third-order valence-electron chi connectivity index (χ3n) is 3.92. The fraction of sp³-hybridized carbons (Fsp3) is 0.812. The summed E-state index contributed by atoms with van der Waals surface area (Å²) in [6.07, 6.45) is 3.13. The van der Waals surface area contributed by atoms with Crippen molar-refractivity contribution in [3.63, 3.8) is 0 Å². The molecule has 0 aromatic carbocycles. The van der Waals surface area contributed by atoms with Crippen molar-refractivity contribution < 1.29 is 18.7 Å². The zero-order chi connectivity index (χ0) is 16.7. The van der Waals surface area contributed by atoms with E-state index >= 15 is 0 Å². The van der Waals surface area contributed by atoms with E-state index in [9.17, 15) is 4.79 Å². The van der Waals surface area contributed by atoms with E-state index in [0.717, 1.165) is 6.42 Å². The third-order valence-corrected chi connectivity index (χ3v) is 8.40. The van der Waals surface area contributed by atoms with E-state index in [2.05, 4.69) is 46.9 Å². The maximum atomic E-state index is 10.9. The molecule has 0 heterocycles. The second kappa shape index (κ2) is 8.71. The van der Waals surface area contributed by atoms with Crippen LogP contribution in [-0.4, -0.2) is 34.3 Å². The first kappa shape index (κ1) is 20.3. The maximum Gasteiger partial charge on any atom is 0.304 e. The maximum absolute atomic E-state index is 10.9. The summed E-state index contributed by atoms with van der Waals surface area (Å²) in [6.45, 7) is 15.3. The molecule has 0 spiro atoms. The molecule has 0 rings (SSSR count). The molecule has 0 radical (unpaired) electrons. The number of rotatable bonds is 8. The van der Waals surface area contributed by atoms with Gasteiger partial charge in [-0.2, -0.15) is 0 Å². The number of allylic oxidation sites excluding steroid dienone is 1. The first-order valence-corrected chi connectivity index (χ1v) is 10.4. The molecular weight excluding hydrogens is 284 g/mol. The van der Waals surface area contributed by atoms with Crippen molar-refractivity contribution in [2.24, 2.45) is 0 Å². The highest BCUT2D eigenvalue weighted by Crippen LogP contribution is 2.36. The summed E-state index contributed by atoms with van der Waals surface area (Å²) in [7, 11) is -0.146. The fourth-order valence-corrected chi connectivity index (χ4v) is 2.47. The van der Waals surface area contributed by atoms with Crippen LogP contribution in [0.5, 0.6) is 0 Å². The minimum atomic E-state index is -1.69. The van der Waals surface area contributed by atoms with Crippen LogP contribution in [0.2, 0.25) is 18.1 Å². The predicted octanol–water partition coefficient (Wildman–Crippen LogP) is 4.27. The summed E-state index contributed by atoms with van der Waals surface area (Å²) in [4.78, 5) is 10.9. The Morgan fingerprint density at radius 1 is 1.24 bits per heavy atom. The van der Waals surface area contributed by atoms with Gasteiger partial charge in [0.1, 0.15) is 0 Å². The largest absolute Gasteiger partial charge is 0.436 e. The van der Waals surface area contributed by atoms with Crippen LogP contribution in [0.1, 0.15) is 47.5 Å². The molecule has 1 atom stereocenters. The van der Waals surface area contributed by atoms with Crippen LogP contribution < -0.4 is 0 Å². The third kappa shape index (κ3) is 8.39. The molecule has 0 amide bonds. The molecule has 4 nitrogen and oxygen atoms in total. The van der Waals surface area contributed by atoms with Gasteiger partial charge in [-0.1, -0.05) is 32.4 Å². The Labute approximate surface area is 131 Å². The zero-order valence-electron chi connectivity index (χ0n) is 14.9. The summed E-state index contributed by atoms with van der Waals surface area (Å²) >= 11 is 0. The topological polar surface area (TPSA) is 44.8 Å². The molecule has 0 aliphatic heterocycles. The lowest BCUT2D eigenvalue weighted by atomic mass is 10.2. The standard InChI is InChI=1S/C16H32O4Si/c1-13(12-19-21(7,8)16(3,4)5)10-9-11-15(18-6)20-14(2)17/h10,15H,9,11-12H2,1-8H3/b13-10+/t15-/m1/s1. The smallest absolute Gasteiger partial charge is 0.304 e. The molecule has 21 heavy (non-hydrogen) atoms. The first-order chi connectivity index (χ1) is 9.49. The van der Waals surface area contributed by atoms with Crippen molar-refractivity contribution in [2.75, 3.05) is 13.7 Å². The number of hydrogen-bond acceptors (Lipinski definition) is 4. The number of hydrogen-bond donors (Lipinski definition) is 0. The number of methoxy groups -OCH3 is 1. The normalized spacial score (nSPS) is 15.0. The summed E-state index contributed by atoms with van der Waals surface area (Å²) in [5.74, 6) is -0.316. The average Bonchev–Trinajstić information content (AvgIpc) is 2.33. The van der Waals surface area contributed by atoms with Crippen LogP contribution in [0.25, 0.3) is 0 Å². The summed E-state index contributed by atoms with van der Waals surface area (Å²) < 4.78 is 16.3. The fourth-order valence-electron chi connectivity index (χ4n) is 1.45.